The highest BCUT2D eigenvalue weighted by molar-refractivity contribution is 6.05. The molecule has 0 unspecified atom stereocenters. The summed E-state index contributed by atoms with van der Waals surface area (Å²) in [6, 6.07) is 21.7. The van der Waals surface area contributed by atoms with Gasteiger partial charge in [0.25, 0.3) is 5.91 Å². The van der Waals surface area contributed by atoms with Gasteiger partial charge in [0.2, 0.25) is 0 Å². The van der Waals surface area contributed by atoms with E-state index in [9.17, 15) is 4.79 Å². The molecule has 4 aromatic rings. The van der Waals surface area contributed by atoms with Crippen LogP contribution in [0.1, 0.15) is 29.8 Å². The van der Waals surface area contributed by atoms with E-state index in [2.05, 4.69) is 65.2 Å². The number of fused-ring (bicyclic) bond motifs is 1. The van der Waals surface area contributed by atoms with Crippen LogP contribution in [-0.4, -0.2) is 29.0 Å². The van der Waals surface area contributed by atoms with Crippen molar-refractivity contribution in [1.82, 2.24) is 9.97 Å². The van der Waals surface area contributed by atoms with Crippen molar-refractivity contribution in [1.29, 1.82) is 0 Å². The Morgan fingerprint density at radius 1 is 0.967 bits per heavy atom. The zero-order valence-electron chi connectivity index (χ0n) is 17.6. The molecule has 3 aromatic carbocycles. The van der Waals surface area contributed by atoms with Gasteiger partial charge < -0.3 is 15.2 Å². The third-order valence-electron chi connectivity index (χ3n) is 5.32. The normalized spacial score (nSPS) is 10.9. The number of carbonyl (C=O) groups excluding carboxylic acids is 1. The van der Waals surface area contributed by atoms with E-state index < -0.39 is 0 Å². The number of nitrogens with one attached hydrogen (secondary N) is 2. The molecule has 1 aromatic heterocycles. The number of benzene rings is 3. The van der Waals surface area contributed by atoms with E-state index in [4.69, 9.17) is 0 Å². The van der Waals surface area contributed by atoms with Crippen molar-refractivity contribution in [2.75, 3.05) is 23.3 Å². The molecule has 0 aliphatic rings. The summed E-state index contributed by atoms with van der Waals surface area (Å²) in [5, 5.41) is 2.98. The lowest BCUT2D eigenvalue weighted by atomic mass is 10.1. The summed E-state index contributed by atoms with van der Waals surface area (Å²) in [6.45, 7) is 8.20. The summed E-state index contributed by atoms with van der Waals surface area (Å²) in [5.74, 6) is 0.694. The molecule has 0 atom stereocenters. The molecule has 0 fully saturated rings. The molecule has 0 aliphatic heterocycles. The Balaban J connectivity index is 1.52. The smallest absolute Gasteiger partial charge is 0.255 e. The van der Waals surface area contributed by atoms with Gasteiger partial charge in [-0.15, -0.1) is 0 Å². The predicted octanol–water partition coefficient (Wildman–Crippen LogP) is 5.64. The molecule has 1 heterocycles. The van der Waals surface area contributed by atoms with E-state index in [1.807, 2.05) is 42.5 Å². The molecule has 0 spiro atoms. The van der Waals surface area contributed by atoms with Gasteiger partial charge in [-0.2, -0.15) is 0 Å². The minimum Gasteiger partial charge on any atom is -0.372 e. The number of anilines is 2. The number of nitrogens with zero attached hydrogens (tertiary/aromatic N) is 2. The maximum Gasteiger partial charge on any atom is 0.255 e. The number of aryl methyl sites for hydroxylation is 1. The Kier molecular flexibility index (Phi) is 5.53. The van der Waals surface area contributed by atoms with Gasteiger partial charge in [-0.25, -0.2) is 4.98 Å². The van der Waals surface area contributed by atoms with Crippen molar-refractivity contribution in [2.24, 2.45) is 0 Å². The molecule has 30 heavy (non-hydrogen) atoms. The summed E-state index contributed by atoms with van der Waals surface area (Å²) < 4.78 is 0. The van der Waals surface area contributed by atoms with Crippen molar-refractivity contribution < 1.29 is 4.79 Å². The van der Waals surface area contributed by atoms with Crippen molar-refractivity contribution in [2.45, 2.75) is 20.8 Å². The second kappa shape index (κ2) is 8.41. The number of aromatic nitrogens is 2. The average Bonchev–Trinajstić information content (AvgIpc) is 3.19. The van der Waals surface area contributed by atoms with Crippen LogP contribution in [0.5, 0.6) is 0 Å². The Bertz CT molecular complexity index is 1160. The van der Waals surface area contributed by atoms with E-state index >= 15 is 0 Å². The molecule has 0 aliphatic carbocycles. The van der Waals surface area contributed by atoms with Crippen molar-refractivity contribution in [3.63, 3.8) is 0 Å². The third kappa shape index (κ3) is 4.06. The van der Waals surface area contributed by atoms with Gasteiger partial charge in [0.05, 0.1) is 11.0 Å². The lowest BCUT2D eigenvalue weighted by Crippen LogP contribution is -2.21. The van der Waals surface area contributed by atoms with Gasteiger partial charge in [-0.1, -0.05) is 29.8 Å². The minimum atomic E-state index is -0.126. The van der Waals surface area contributed by atoms with Gasteiger partial charge in [-0.05, 0) is 63.2 Å². The van der Waals surface area contributed by atoms with E-state index in [1.165, 1.54) is 5.56 Å². The number of carbonyl (C=O) groups is 1. The molecule has 152 valence electrons. The molecule has 5 nitrogen and oxygen atoms in total. The molecule has 5 heteroatoms. The number of rotatable bonds is 6. The van der Waals surface area contributed by atoms with Crippen LogP contribution < -0.4 is 10.2 Å². The van der Waals surface area contributed by atoms with Crippen LogP contribution in [0, 0.1) is 6.92 Å². The Labute approximate surface area is 176 Å². The molecule has 0 bridgehead atoms. The zero-order valence-corrected chi connectivity index (χ0v) is 17.6. The third-order valence-corrected chi connectivity index (χ3v) is 5.32. The summed E-state index contributed by atoms with van der Waals surface area (Å²) >= 11 is 0. The van der Waals surface area contributed by atoms with Gasteiger partial charge in [0.15, 0.2) is 0 Å². The van der Waals surface area contributed by atoms with Gasteiger partial charge in [-0.3, -0.25) is 4.79 Å². The number of H-pyrrole nitrogens is 1. The van der Waals surface area contributed by atoms with E-state index in [0.29, 0.717) is 5.56 Å². The van der Waals surface area contributed by atoms with Crippen LogP contribution in [0.4, 0.5) is 11.4 Å². The van der Waals surface area contributed by atoms with E-state index in [-0.39, 0.29) is 5.91 Å². The monoisotopic (exact) mass is 398 g/mol. The SMILES string of the molecule is CCN(CC)c1ccc(C(=O)Nc2ccc3nc(-c4ccc(C)cc4)[nH]c3c2)cc1. The Morgan fingerprint density at radius 3 is 2.33 bits per heavy atom. The van der Waals surface area contributed by atoms with E-state index in [1.54, 1.807) is 0 Å². The second-order valence-electron chi connectivity index (χ2n) is 7.36. The Hall–Kier alpha value is -3.60. The highest BCUT2D eigenvalue weighted by atomic mass is 16.1. The fourth-order valence-corrected chi connectivity index (χ4v) is 3.55. The standard InChI is InChI=1S/C25H26N4O/c1-4-29(5-2)21-13-10-19(11-14-21)25(30)26-20-12-15-22-23(16-20)28-24(27-22)18-8-6-17(3)7-9-18/h6-16H,4-5H2,1-3H3,(H,26,30)(H,27,28). The molecule has 0 saturated heterocycles. The fraction of sp³-hybridized carbons (Fsp3) is 0.200. The van der Waals surface area contributed by atoms with Crippen molar-refractivity contribution in [3.8, 4) is 11.4 Å². The van der Waals surface area contributed by atoms with Crippen molar-refractivity contribution >= 4 is 28.3 Å². The molecule has 1 amide bonds. The molecular weight excluding hydrogens is 372 g/mol. The van der Waals surface area contributed by atoms with Crippen LogP contribution in [-0.2, 0) is 0 Å². The van der Waals surface area contributed by atoms with Crippen LogP contribution in [0.15, 0.2) is 66.7 Å². The number of hydrogen-bond donors (Lipinski definition) is 2. The summed E-state index contributed by atoms with van der Waals surface area (Å²) in [4.78, 5) is 22.9. The average molecular weight is 399 g/mol. The molecule has 0 saturated carbocycles. The second-order valence-corrected chi connectivity index (χ2v) is 7.36. The quantitative estimate of drug-likeness (QED) is 0.442. The van der Waals surface area contributed by atoms with Gasteiger partial charge in [0.1, 0.15) is 5.82 Å². The lowest BCUT2D eigenvalue weighted by molar-refractivity contribution is 0.102. The minimum absolute atomic E-state index is 0.126. The fourth-order valence-electron chi connectivity index (χ4n) is 3.55. The molecule has 4 rings (SSSR count). The number of aromatic amines is 1. The van der Waals surface area contributed by atoms with Gasteiger partial charge >= 0.3 is 0 Å². The maximum atomic E-state index is 12.7. The number of amides is 1. The molecular formula is C25H26N4O. The highest BCUT2D eigenvalue weighted by Gasteiger charge is 2.10. The lowest BCUT2D eigenvalue weighted by Gasteiger charge is -2.21. The van der Waals surface area contributed by atoms with Crippen molar-refractivity contribution in [3.05, 3.63) is 77.9 Å². The zero-order chi connectivity index (χ0) is 21.1. The molecule has 2 N–H and O–H groups in total. The van der Waals surface area contributed by atoms with Crippen LogP contribution >= 0.6 is 0 Å². The Morgan fingerprint density at radius 2 is 1.67 bits per heavy atom. The largest absolute Gasteiger partial charge is 0.372 e. The first-order chi connectivity index (χ1) is 14.6. The maximum absolute atomic E-state index is 12.7. The first-order valence-corrected chi connectivity index (χ1v) is 10.3. The summed E-state index contributed by atoms with van der Waals surface area (Å²) in [6.07, 6.45) is 0. The van der Waals surface area contributed by atoms with Gasteiger partial charge in [0, 0.05) is 35.6 Å². The first kappa shape index (κ1) is 19.7. The summed E-state index contributed by atoms with van der Waals surface area (Å²) in [5.41, 5.74) is 6.50. The molecule has 0 radical (unpaired) electrons. The van der Waals surface area contributed by atoms with Crippen LogP contribution in [0.25, 0.3) is 22.4 Å². The number of hydrogen-bond acceptors (Lipinski definition) is 3. The van der Waals surface area contributed by atoms with E-state index in [0.717, 1.165) is 46.9 Å². The number of imidazole rings is 1. The van der Waals surface area contributed by atoms with Crippen LogP contribution in [0.3, 0.4) is 0 Å². The topological polar surface area (TPSA) is 61.0 Å². The predicted molar refractivity (Wildman–Crippen MR) is 124 cm³/mol. The summed E-state index contributed by atoms with van der Waals surface area (Å²) in [7, 11) is 0. The highest BCUT2D eigenvalue weighted by Crippen LogP contribution is 2.24. The first-order valence-electron chi connectivity index (χ1n) is 10.3. The van der Waals surface area contributed by atoms with Crippen LogP contribution in [0.2, 0.25) is 0 Å².